The largest absolute Gasteiger partial charge is 0.372 e. The summed E-state index contributed by atoms with van der Waals surface area (Å²) in [6, 6.07) is 8.18. The van der Waals surface area contributed by atoms with E-state index in [2.05, 4.69) is 42.2 Å². The van der Waals surface area contributed by atoms with E-state index in [1.54, 1.807) is 4.68 Å². The summed E-state index contributed by atoms with van der Waals surface area (Å²) in [4.78, 5) is 15.3. The van der Waals surface area contributed by atoms with Crippen molar-refractivity contribution in [1.29, 1.82) is 0 Å². The molecule has 1 aromatic carbocycles. The third kappa shape index (κ3) is 4.19. The summed E-state index contributed by atoms with van der Waals surface area (Å²) in [5, 5.41) is 16.2. The van der Waals surface area contributed by atoms with Crippen molar-refractivity contribution < 1.29 is 4.79 Å². The van der Waals surface area contributed by atoms with Gasteiger partial charge in [-0.1, -0.05) is 0 Å². The third-order valence-electron chi connectivity index (χ3n) is 6.39. The van der Waals surface area contributed by atoms with Gasteiger partial charge in [0.15, 0.2) is 5.82 Å². The number of aromatic nitrogens is 5. The third-order valence-corrected chi connectivity index (χ3v) is 6.39. The fourth-order valence-corrected chi connectivity index (χ4v) is 4.63. The molecule has 1 saturated heterocycles. The van der Waals surface area contributed by atoms with Crippen LogP contribution in [0.4, 0.5) is 5.69 Å². The Bertz CT molecular complexity index is 1050. The Kier molecular flexibility index (Phi) is 5.44. The first-order chi connectivity index (χ1) is 15.2. The minimum absolute atomic E-state index is 0.000317. The SMILES string of the molecule is Cn1cc(-c2nnc3n2CCC(NC(=O)c2ccc(N4CCCCC4)cc2)CC3)cn1. The number of carbonyl (C=O) groups excluding carboxylic acids is 1. The van der Waals surface area contributed by atoms with E-state index in [0.717, 1.165) is 61.7 Å². The minimum atomic E-state index is 0.000317. The second kappa shape index (κ2) is 8.53. The van der Waals surface area contributed by atoms with Crippen LogP contribution in [0.5, 0.6) is 0 Å². The Morgan fingerprint density at radius 3 is 2.58 bits per heavy atom. The number of carbonyl (C=O) groups is 1. The zero-order valence-electron chi connectivity index (χ0n) is 18.0. The number of fused-ring (bicyclic) bond motifs is 1. The van der Waals surface area contributed by atoms with Crippen molar-refractivity contribution in [3.05, 3.63) is 48.0 Å². The molecule has 0 bridgehead atoms. The first-order valence-electron chi connectivity index (χ1n) is 11.2. The van der Waals surface area contributed by atoms with Crippen LogP contribution in [-0.2, 0) is 20.0 Å². The van der Waals surface area contributed by atoms with Crippen molar-refractivity contribution in [2.75, 3.05) is 18.0 Å². The molecule has 162 valence electrons. The van der Waals surface area contributed by atoms with E-state index in [0.29, 0.717) is 0 Å². The van der Waals surface area contributed by atoms with Gasteiger partial charge in [0.1, 0.15) is 5.82 Å². The number of amides is 1. The van der Waals surface area contributed by atoms with Gasteiger partial charge in [0.2, 0.25) is 0 Å². The number of nitrogens with zero attached hydrogens (tertiary/aromatic N) is 6. The molecule has 4 heterocycles. The van der Waals surface area contributed by atoms with Crippen molar-refractivity contribution in [1.82, 2.24) is 29.9 Å². The van der Waals surface area contributed by atoms with Crippen LogP contribution in [0.2, 0.25) is 0 Å². The number of nitrogens with one attached hydrogen (secondary N) is 1. The molecule has 1 fully saturated rings. The summed E-state index contributed by atoms with van der Waals surface area (Å²) in [7, 11) is 1.90. The van der Waals surface area contributed by atoms with Gasteiger partial charge >= 0.3 is 0 Å². The lowest BCUT2D eigenvalue weighted by molar-refractivity contribution is 0.0933. The number of piperidine rings is 1. The molecule has 5 rings (SSSR count). The number of anilines is 1. The fraction of sp³-hybridized carbons (Fsp3) is 0.478. The lowest BCUT2D eigenvalue weighted by Gasteiger charge is -2.28. The van der Waals surface area contributed by atoms with Crippen LogP contribution < -0.4 is 10.2 Å². The monoisotopic (exact) mass is 419 g/mol. The van der Waals surface area contributed by atoms with Crippen molar-refractivity contribution >= 4 is 11.6 Å². The summed E-state index contributed by atoms with van der Waals surface area (Å²) in [6.07, 6.45) is 10.1. The predicted octanol–water partition coefficient (Wildman–Crippen LogP) is 2.80. The average Bonchev–Trinajstić information content (AvgIpc) is 3.36. The summed E-state index contributed by atoms with van der Waals surface area (Å²) in [6.45, 7) is 3.00. The number of hydrogen-bond acceptors (Lipinski definition) is 5. The molecule has 0 saturated carbocycles. The Hall–Kier alpha value is -3.16. The van der Waals surface area contributed by atoms with E-state index in [1.807, 2.05) is 31.6 Å². The maximum absolute atomic E-state index is 12.8. The highest BCUT2D eigenvalue weighted by atomic mass is 16.1. The molecule has 1 atom stereocenters. The van der Waals surface area contributed by atoms with Crippen LogP contribution >= 0.6 is 0 Å². The molecule has 1 amide bonds. The topological polar surface area (TPSA) is 80.9 Å². The van der Waals surface area contributed by atoms with Gasteiger partial charge < -0.3 is 14.8 Å². The summed E-state index contributed by atoms with van der Waals surface area (Å²) in [5.41, 5.74) is 2.91. The average molecular weight is 420 g/mol. The molecule has 1 N–H and O–H groups in total. The lowest BCUT2D eigenvalue weighted by Crippen LogP contribution is -2.35. The van der Waals surface area contributed by atoms with E-state index in [9.17, 15) is 4.79 Å². The summed E-state index contributed by atoms with van der Waals surface area (Å²) >= 11 is 0. The number of aryl methyl sites for hydroxylation is 2. The maximum atomic E-state index is 12.8. The molecule has 0 spiro atoms. The molecule has 1 unspecified atom stereocenters. The number of rotatable bonds is 4. The molecular formula is C23H29N7O. The van der Waals surface area contributed by atoms with Crippen LogP contribution in [0.25, 0.3) is 11.4 Å². The first kappa shape index (κ1) is 19.8. The molecule has 3 aromatic rings. The molecule has 2 aliphatic heterocycles. The summed E-state index contributed by atoms with van der Waals surface area (Å²) in [5.74, 6) is 1.82. The lowest BCUT2D eigenvalue weighted by atomic mass is 10.1. The van der Waals surface area contributed by atoms with Gasteiger partial charge in [-0.15, -0.1) is 10.2 Å². The fourth-order valence-electron chi connectivity index (χ4n) is 4.63. The van der Waals surface area contributed by atoms with Crippen molar-refractivity contribution in [3.63, 3.8) is 0 Å². The van der Waals surface area contributed by atoms with Crippen LogP contribution in [0, 0.1) is 0 Å². The van der Waals surface area contributed by atoms with Crippen molar-refractivity contribution in [2.45, 2.75) is 51.1 Å². The van der Waals surface area contributed by atoms with Crippen molar-refractivity contribution in [2.24, 2.45) is 7.05 Å². The van der Waals surface area contributed by atoms with Gasteiger partial charge in [-0.2, -0.15) is 5.10 Å². The standard InChI is InChI=1S/C23H29N7O/c1-28-16-18(15-24-28)22-27-26-21-10-7-19(11-14-30(21)22)25-23(31)17-5-8-20(9-6-17)29-12-3-2-4-13-29/h5-6,8-9,15-16,19H,2-4,7,10-14H2,1H3,(H,25,31). The van der Waals surface area contributed by atoms with E-state index >= 15 is 0 Å². The zero-order valence-corrected chi connectivity index (χ0v) is 18.0. The minimum Gasteiger partial charge on any atom is -0.372 e. The van der Waals surface area contributed by atoms with Crippen LogP contribution in [0.15, 0.2) is 36.7 Å². The van der Waals surface area contributed by atoms with Gasteiger partial charge in [0.25, 0.3) is 5.91 Å². The Balaban J connectivity index is 1.22. The smallest absolute Gasteiger partial charge is 0.251 e. The highest BCUT2D eigenvalue weighted by molar-refractivity contribution is 5.94. The van der Waals surface area contributed by atoms with E-state index in [4.69, 9.17) is 0 Å². The maximum Gasteiger partial charge on any atom is 0.251 e. The van der Waals surface area contributed by atoms with Gasteiger partial charge in [0, 0.05) is 56.6 Å². The second-order valence-corrected chi connectivity index (χ2v) is 8.59. The predicted molar refractivity (Wildman–Crippen MR) is 119 cm³/mol. The highest BCUT2D eigenvalue weighted by Crippen LogP contribution is 2.23. The Morgan fingerprint density at radius 1 is 1.03 bits per heavy atom. The normalized spacial score (nSPS) is 19.0. The first-order valence-corrected chi connectivity index (χ1v) is 11.2. The molecule has 2 aliphatic rings. The number of hydrogen-bond donors (Lipinski definition) is 1. The van der Waals surface area contributed by atoms with Gasteiger partial charge in [-0.3, -0.25) is 9.48 Å². The van der Waals surface area contributed by atoms with E-state index < -0.39 is 0 Å². The Labute approximate surface area is 182 Å². The second-order valence-electron chi connectivity index (χ2n) is 8.59. The van der Waals surface area contributed by atoms with Crippen LogP contribution in [0.3, 0.4) is 0 Å². The number of benzene rings is 1. The van der Waals surface area contributed by atoms with Gasteiger partial charge in [-0.25, -0.2) is 0 Å². The summed E-state index contributed by atoms with van der Waals surface area (Å²) < 4.78 is 3.93. The quantitative estimate of drug-likeness (QED) is 0.703. The zero-order chi connectivity index (χ0) is 21.2. The molecule has 2 aromatic heterocycles. The molecule has 8 heteroatoms. The Morgan fingerprint density at radius 2 is 1.84 bits per heavy atom. The van der Waals surface area contributed by atoms with Crippen LogP contribution in [-0.4, -0.2) is 49.6 Å². The molecular weight excluding hydrogens is 390 g/mol. The van der Waals surface area contributed by atoms with Gasteiger partial charge in [-0.05, 0) is 56.4 Å². The van der Waals surface area contributed by atoms with Crippen molar-refractivity contribution in [3.8, 4) is 11.4 Å². The van der Waals surface area contributed by atoms with E-state index in [-0.39, 0.29) is 11.9 Å². The van der Waals surface area contributed by atoms with Crippen LogP contribution in [0.1, 0.15) is 48.3 Å². The van der Waals surface area contributed by atoms with E-state index in [1.165, 1.54) is 24.9 Å². The van der Waals surface area contributed by atoms with Gasteiger partial charge in [0.05, 0.1) is 11.8 Å². The molecule has 0 radical (unpaired) electrons. The molecule has 0 aliphatic carbocycles. The highest BCUT2D eigenvalue weighted by Gasteiger charge is 2.23. The molecule has 31 heavy (non-hydrogen) atoms. The molecule has 8 nitrogen and oxygen atoms in total.